The lowest BCUT2D eigenvalue weighted by molar-refractivity contribution is -0.387. The first-order valence-corrected chi connectivity index (χ1v) is 23.3. The number of amides is 1. The summed E-state index contributed by atoms with van der Waals surface area (Å²) in [5.74, 6) is -0.854. The van der Waals surface area contributed by atoms with E-state index in [0.29, 0.717) is 25.8 Å². The first kappa shape index (κ1) is 58.2. The summed E-state index contributed by atoms with van der Waals surface area (Å²) in [6, 6.07) is -1.78. The van der Waals surface area contributed by atoms with Crippen molar-refractivity contribution in [2.24, 2.45) is 5.73 Å². The Hall–Kier alpha value is -1.66. The van der Waals surface area contributed by atoms with E-state index in [9.17, 15) is 89.3 Å². The Balaban J connectivity index is 1.33. The Kier molecular flexibility index (Phi) is 22.0. The summed E-state index contributed by atoms with van der Waals surface area (Å²) in [6.45, 7) is -3.38. The summed E-state index contributed by atoms with van der Waals surface area (Å²) >= 11 is 0. The van der Waals surface area contributed by atoms with Crippen molar-refractivity contribution in [2.75, 3.05) is 46.2 Å². The monoisotopic (exact) mass is 1030 g/mol. The van der Waals surface area contributed by atoms with Gasteiger partial charge >= 0.3 is 0 Å². The van der Waals surface area contributed by atoms with Crippen molar-refractivity contribution in [1.29, 1.82) is 0 Å². The van der Waals surface area contributed by atoms with Gasteiger partial charge in [-0.15, -0.1) is 0 Å². The number of carbonyl (C=O) groups excluding carboxylic acids is 1. The second-order valence-electron chi connectivity index (χ2n) is 16.9. The van der Waals surface area contributed by atoms with E-state index in [2.05, 4.69) is 9.50 Å². The van der Waals surface area contributed by atoms with E-state index in [0.717, 1.165) is 6.92 Å². The van der Waals surface area contributed by atoms with E-state index in [-0.39, 0.29) is 6.61 Å². The van der Waals surface area contributed by atoms with Crippen LogP contribution in [0.2, 0.25) is 0 Å². The van der Waals surface area contributed by atoms with Crippen LogP contribution in [0.4, 0.5) is 0 Å². The smallest absolute Gasteiger partial charge is 0.218 e. The van der Waals surface area contributed by atoms with Gasteiger partial charge in [0, 0.05) is 13.5 Å². The zero-order valence-electron chi connectivity index (χ0n) is 36.9. The Morgan fingerprint density at radius 1 is 0.507 bits per heavy atom. The molecule has 0 spiro atoms. The van der Waals surface area contributed by atoms with Gasteiger partial charge < -0.3 is 134 Å². The number of hydrogen-bond donors (Lipinski definition) is 16. The second-order valence-corrected chi connectivity index (χ2v) is 17.9. The molecule has 0 saturated carbocycles. The highest BCUT2D eigenvalue weighted by Crippen LogP contribution is 2.36. The predicted molar refractivity (Wildman–Crippen MR) is 213 cm³/mol. The minimum Gasteiger partial charge on any atom is -0.726 e. The lowest BCUT2D eigenvalue weighted by atomic mass is 9.94. The van der Waals surface area contributed by atoms with Gasteiger partial charge in [-0.25, -0.2) is 8.42 Å². The largest absolute Gasteiger partial charge is 0.726 e. The summed E-state index contributed by atoms with van der Waals surface area (Å²) in [5.41, 5.74) is 5.50. The topological polar surface area (TPSA) is 497 Å². The molecule has 5 aliphatic rings. The van der Waals surface area contributed by atoms with Crippen molar-refractivity contribution in [3.8, 4) is 0 Å². The van der Waals surface area contributed by atoms with Gasteiger partial charge in [0.25, 0.3) is 0 Å². The molecule has 5 aliphatic heterocycles. The lowest BCUT2D eigenvalue weighted by Crippen LogP contribution is -2.70. The van der Waals surface area contributed by atoms with E-state index < -0.39 is 203 Å². The Bertz CT molecular complexity index is 1680. The Morgan fingerprint density at radius 2 is 0.899 bits per heavy atom. The number of rotatable bonds is 22. The van der Waals surface area contributed by atoms with Gasteiger partial charge in [-0.1, -0.05) is 0 Å². The first-order valence-electron chi connectivity index (χ1n) is 21.9. The summed E-state index contributed by atoms with van der Waals surface area (Å²) in [7, 11) is -5.61. The lowest BCUT2D eigenvalue weighted by Gasteiger charge is -2.50. The van der Waals surface area contributed by atoms with Crippen LogP contribution in [-0.2, 0) is 66.7 Å². The van der Waals surface area contributed by atoms with Crippen molar-refractivity contribution >= 4 is 16.3 Å². The fraction of sp³-hybridized carbons (Fsp3) is 0.973. The molecule has 32 heteroatoms. The summed E-state index contributed by atoms with van der Waals surface area (Å²) < 4.78 is 94.9. The SMILES string of the molecule is CC(=O)N[C@H]1[C@H](O[C@H]2[C@@H](O)[C@@H](CO)O[C@@H](O[C@H]3[C@H](O)[C@@H](O)[C@H](OCCCCCN)O[C@@H]3CO)[C@@H]2O)O[C@H](CO)[C@@H](O[C@@H]2O[C@H](CO)[C@H](O)[C@H](O[C@@H]3O[C@H](CO)[C@@H](O)[C@H](OS(=O)(=O)[O-])[C@H]3O)[C@H]2O)[C@@H]1O. The molecule has 5 heterocycles. The van der Waals surface area contributed by atoms with Crippen LogP contribution < -0.4 is 11.1 Å². The molecule has 25 atom stereocenters. The first-order chi connectivity index (χ1) is 32.6. The molecule has 17 N–H and O–H groups in total. The zero-order valence-corrected chi connectivity index (χ0v) is 37.7. The van der Waals surface area contributed by atoms with Crippen LogP contribution in [0.3, 0.4) is 0 Å². The molecule has 0 bridgehead atoms. The molecule has 404 valence electrons. The van der Waals surface area contributed by atoms with Gasteiger partial charge in [0.15, 0.2) is 31.5 Å². The van der Waals surface area contributed by atoms with Gasteiger partial charge in [0.05, 0.1) is 33.0 Å². The van der Waals surface area contributed by atoms with Crippen molar-refractivity contribution in [1.82, 2.24) is 5.32 Å². The van der Waals surface area contributed by atoms with E-state index in [1.54, 1.807) is 0 Å². The minimum atomic E-state index is -5.61. The maximum Gasteiger partial charge on any atom is 0.218 e. The van der Waals surface area contributed by atoms with Crippen LogP contribution in [-0.4, -0.2) is 290 Å². The second kappa shape index (κ2) is 26.0. The number of aliphatic hydroxyl groups is 14. The number of nitrogens with one attached hydrogen (secondary N) is 1. The molecule has 31 nitrogen and oxygen atoms in total. The molecule has 0 aliphatic carbocycles. The van der Waals surface area contributed by atoms with Crippen LogP contribution in [0.1, 0.15) is 26.2 Å². The molecule has 5 rings (SSSR count). The molecule has 0 unspecified atom stereocenters. The van der Waals surface area contributed by atoms with E-state index in [1.165, 1.54) is 0 Å². The number of ether oxygens (including phenoxy) is 10. The number of hydrogen-bond acceptors (Lipinski definition) is 30. The minimum absolute atomic E-state index is 0.0996. The third-order valence-corrected chi connectivity index (χ3v) is 12.5. The molecular weight excluding hydrogens is 968 g/mol. The molecule has 5 saturated heterocycles. The fourth-order valence-corrected chi connectivity index (χ4v) is 8.91. The Morgan fingerprint density at radius 3 is 1.33 bits per heavy atom. The van der Waals surface area contributed by atoms with Crippen LogP contribution >= 0.6 is 0 Å². The Labute approximate surface area is 393 Å². The maximum absolute atomic E-state index is 12.5. The summed E-state index contributed by atoms with van der Waals surface area (Å²) in [4.78, 5) is 12.5. The van der Waals surface area contributed by atoms with Crippen molar-refractivity contribution in [3.05, 3.63) is 0 Å². The van der Waals surface area contributed by atoms with Crippen LogP contribution in [0.15, 0.2) is 0 Å². The molecular formula is C37H65N2O29S-. The highest BCUT2D eigenvalue weighted by atomic mass is 32.3. The third kappa shape index (κ3) is 13.9. The maximum atomic E-state index is 12.5. The molecule has 5 fully saturated rings. The molecule has 0 aromatic carbocycles. The van der Waals surface area contributed by atoms with Crippen LogP contribution in [0.25, 0.3) is 0 Å². The van der Waals surface area contributed by atoms with Crippen LogP contribution in [0, 0.1) is 0 Å². The molecule has 69 heavy (non-hydrogen) atoms. The normalized spacial score (nSPS) is 45.6. The average molecular weight is 1030 g/mol. The van der Waals surface area contributed by atoms with Crippen molar-refractivity contribution in [3.63, 3.8) is 0 Å². The van der Waals surface area contributed by atoms with Gasteiger partial charge in [-0.3, -0.25) is 8.98 Å². The van der Waals surface area contributed by atoms with E-state index in [4.69, 9.17) is 53.1 Å². The average Bonchev–Trinajstić information content (AvgIpc) is 3.30. The number of carbonyl (C=O) groups is 1. The van der Waals surface area contributed by atoms with Gasteiger partial charge in [0.1, 0.15) is 122 Å². The third-order valence-electron chi connectivity index (χ3n) is 12.0. The van der Waals surface area contributed by atoms with Crippen molar-refractivity contribution in [2.45, 2.75) is 180 Å². The van der Waals surface area contributed by atoms with Gasteiger partial charge in [-0.05, 0) is 25.8 Å². The summed E-state index contributed by atoms with van der Waals surface area (Å²) in [5, 5.41) is 153. The van der Waals surface area contributed by atoms with Crippen molar-refractivity contribution < 1.29 is 141 Å². The highest BCUT2D eigenvalue weighted by Gasteiger charge is 2.57. The molecule has 0 aromatic rings. The van der Waals surface area contributed by atoms with E-state index in [1.807, 2.05) is 0 Å². The van der Waals surface area contributed by atoms with E-state index >= 15 is 0 Å². The highest BCUT2D eigenvalue weighted by molar-refractivity contribution is 7.80. The van der Waals surface area contributed by atoms with Crippen LogP contribution in [0.5, 0.6) is 0 Å². The molecule has 0 aromatic heterocycles. The summed E-state index contributed by atoms with van der Waals surface area (Å²) in [6.07, 6.45) is -44.3. The number of unbranched alkanes of at least 4 members (excludes halogenated alkanes) is 2. The predicted octanol–water partition coefficient (Wildman–Crippen LogP) is -11.1. The quantitative estimate of drug-likeness (QED) is 0.0272. The van der Waals surface area contributed by atoms with Gasteiger partial charge in [-0.2, -0.15) is 0 Å². The standard InChI is InChI=1S/C37H66N2O29S/c1-12(45)39-18-22(49)28(64-35-26(53)31(20(47)14(8-41)59-35)67-37-27(54)32(68-69(55,56)57)21(48)15(9-42)61-37)16(10-43)62-33(18)66-30-19(46)13(7-40)60-36(25(30)52)65-29-17(11-44)63-34(24(51)23(29)50)58-6-4-2-3-5-38/h13-37,40-44,46-54H,2-11,38H2,1H3,(H,39,45)(H,55,56,57)/p-1/t13-,14-,15-,16-,17-,18-,19+,20+,21-,22-,23-,24-,25-,26-,27-,28-,29-,30+,31+,32+,33+,34-,35+,36+,37+/m1/s1. The number of aliphatic hydroxyl groups excluding tert-OH is 14. The fourth-order valence-electron chi connectivity index (χ4n) is 8.41. The molecule has 1 amide bonds. The zero-order chi connectivity index (χ0) is 51.1. The van der Waals surface area contributed by atoms with Gasteiger partial charge in [0.2, 0.25) is 16.3 Å². The number of nitrogens with two attached hydrogens (primary N) is 1. The molecule has 0 radical (unpaired) electrons.